The topological polar surface area (TPSA) is 90.6 Å². The van der Waals surface area contributed by atoms with Crippen LogP contribution in [0.2, 0.25) is 0 Å². The summed E-state index contributed by atoms with van der Waals surface area (Å²) in [5.74, 6) is 2.73. The number of benzene rings is 1. The predicted molar refractivity (Wildman–Crippen MR) is 109 cm³/mol. The average molecular weight is 408 g/mol. The normalized spacial score (nSPS) is 15.9. The van der Waals surface area contributed by atoms with Gasteiger partial charge in [0.15, 0.2) is 5.82 Å². The smallest absolute Gasteiger partial charge is 0.259 e. The number of pyridine rings is 1. The van der Waals surface area contributed by atoms with Crippen molar-refractivity contribution in [3.8, 4) is 23.0 Å². The second-order valence-corrected chi connectivity index (χ2v) is 7.27. The summed E-state index contributed by atoms with van der Waals surface area (Å²) < 4.78 is 15.9. The number of aryl methyl sites for hydroxylation is 1. The molecule has 0 aliphatic carbocycles. The number of amides is 1. The van der Waals surface area contributed by atoms with Gasteiger partial charge >= 0.3 is 0 Å². The van der Waals surface area contributed by atoms with Gasteiger partial charge in [0.25, 0.3) is 11.8 Å². The van der Waals surface area contributed by atoms with Crippen molar-refractivity contribution in [3.63, 3.8) is 0 Å². The Bertz CT molecular complexity index is 1010. The molecule has 1 unspecified atom stereocenters. The van der Waals surface area contributed by atoms with Crippen molar-refractivity contribution in [2.45, 2.75) is 19.3 Å². The van der Waals surface area contributed by atoms with Crippen molar-refractivity contribution in [3.05, 3.63) is 54.1 Å². The van der Waals surface area contributed by atoms with Gasteiger partial charge in [-0.25, -0.2) is 0 Å². The van der Waals surface area contributed by atoms with Crippen LogP contribution in [0.25, 0.3) is 11.5 Å². The lowest BCUT2D eigenvalue weighted by atomic mass is 10.0. The van der Waals surface area contributed by atoms with Crippen LogP contribution in [0.4, 0.5) is 0 Å². The first-order valence-electron chi connectivity index (χ1n) is 9.92. The molecule has 2 aromatic heterocycles. The van der Waals surface area contributed by atoms with E-state index in [4.69, 9.17) is 14.0 Å². The van der Waals surface area contributed by atoms with E-state index in [2.05, 4.69) is 15.1 Å². The molecule has 0 N–H and O–H groups in total. The Morgan fingerprint density at radius 1 is 1.27 bits per heavy atom. The van der Waals surface area contributed by atoms with Crippen LogP contribution in [0.3, 0.4) is 0 Å². The van der Waals surface area contributed by atoms with Crippen LogP contribution in [-0.4, -0.2) is 53.2 Å². The number of aromatic nitrogens is 3. The highest BCUT2D eigenvalue weighted by Crippen LogP contribution is 2.29. The van der Waals surface area contributed by atoms with Gasteiger partial charge in [-0.3, -0.25) is 9.78 Å². The van der Waals surface area contributed by atoms with E-state index in [1.54, 1.807) is 44.8 Å². The third-order valence-electron chi connectivity index (χ3n) is 5.36. The Balaban J connectivity index is 1.34. The number of hydrogen-bond donors (Lipinski definition) is 0. The van der Waals surface area contributed by atoms with Gasteiger partial charge in [-0.05, 0) is 43.0 Å². The molecule has 8 nitrogen and oxygen atoms in total. The third-order valence-corrected chi connectivity index (χ3v) is 5.36. The molecule has 0 spiro atoms. The minimum Gasteiger partial charge on any atom is -0.497 e. The number of carbonyl (C=O) groups excluding carboxylic acids is 1. The highest BCUT2D eigenvalue weighted by Gasteiger charge is 2.28. The molecule has 0 bridgehead atoms. The lowest BCUT2D eigenvalue weighted by molar-refractivity contribution is 0.0783. The maximum absolute atomic E-state index is 13.0. The monoisotopic (exact) mass is 408 g/mol. The average Bonchev–Trinajstić information content (AvgIpc) is 3.47. The molecular formula is C22H24N4O4. The lowest BCUT2D eigenvalue weighted by Crippen LogP contribution is -2.29. The van der Waals surface area contributed by atoms with E-state index in [1.165, 1.54) is 0 Å². The fourth-order valence-electron chi connectivity index (χ4n) is 3.69. The number of hydrogen-bond acceptors (Lipinski definition) is 7. The van der Waals surface area contributed by atoms with Gasteiger partial charge in [0.2, 0.25) is 0 Å². The van der Waals surface area contributed by atoms with Crippen LogP contribution in [0, 0.1) is 5.92 Å². The SMILES string of the molecule is COc1ccc(C(=O)N2CCC(CCc3noc(-c4cccnc4)n3)C2)c(OC)c1. The number of methoxy groups -OCH3 is 2. The molecule has 1 aromatic carbocycles. The van der Waals surface area contributed by atoms with Crippen molar-refractivity contribution in [2.75, 3.05) is 27.3 Å². The summed E-state index contributed by atoms with van der Waals surface area (Å²) in [7, 11) is 3.15. The molecular weight excluding hydrogens is 384 g/mol. The summed E-state index contributed by atoms with van der Waals surface area (Å²) in [4.78, 5) is 23.4. The van der Waals surface area contributed by atoms with E-state index >= 15 is 0 Å². The Hall–Kier alpha value is -3.42. The van der Waals surface area contributed by atoms with Crippen molar-refractivity contribution < 1.29 is 18.8 Å². The Labute approximate surface area is 174 Å². The molecule has 1 fully saturated rings. The summed E-state index contributed by atoms with van der Waals surface area (Å²) in [6, 6.07) is 8.99. The fourth-order valence-corrected chi connectivity index (χ4v) is 3.69. The largest absolute Gasteiger partial charge is 0.497 e. The lowest BCUT2D eigenvalue weighted by Gasteiger charge is -2.18. The Kier molecular flexibility index (Phi) is 5.92. The molecule has 30 heavy (non-hydrogen) atoms. The van der Waals surface area contributed by atoms with Gasteiger partial charge in [0.05, 0.1) is 25.3 Å². The first-order valence-corrected chi connectivity index (χ1v) is 9.92. The summed E-state index contributed by atoms with van der Waals surface area (Å²) in [5.41, 5.74) is 1.36. The van der Waals surface area contributed by atoms with Crippen LogP contribution in [0.5, 0.6) is 11.5 Å². The number of ether oxygens (including phenoxy) is 2. The predicted octanol–water partition coefficient (Wildman–Crippen LogP) is 3.24. The first kappa shape index (κ1) is 19.9. The summed E-state index contributed by atoms with van der Waals surface area (Å²) in [5, 5.41) is 4.07. The zero-order valence-corrected chi connectivity index (χ0v) is 17.1. The van der Waals surface area contributed by atoms with Crippen LogP contribution < -0.4 is 9.47 Å². The van der Waals surface area contributed by atoms with Gasteiger partial charge in [-0.2, -0.15) is 4.98 Å². The number of likely N-dealkylation sites (tertiary alicyclic amines) is 1. The molecule has 1 aliphatic heterocycles. The van der Waals surface area contributed by atoms with Gasteiger partial charge in [0.1, 0.15) is 11.5 Å². The van der Waals surface area contributed by atoms with E-state index in [0.29, 0.717) is 47.7 Å². The minimum absolute atomic E-state index is 0.0181. The van der Waals surface area contributed by atoms with Crippen molar-refractivity contribution in [2.24, 2.45) is 5.92 Å². The van der Waals surface area contributed by atoms with E-state index < -0.39 is 0 Å². The highest BCUT2D eigenvalue weighted by molar-refractivity contribution is 5.97. The molecule has 156 valence electrons. The second kappa shape index (κ2) is 8.94. The van der Waals surface area contributed by atoms with Crippen molar-refractivity contribution in [1.82, 2.24) is 20.0 Å². The molecule has 1 saturated heterocycles. The number of nitrogens with zero attached hydrogens (tertiary/aromatic N) is 4. The molecule has 3 aromatic rings. The second-order valence-electron chi connectivity index (χ2n) is 7.27. The van der Waals surface area contributed by atoms with Gasteiger partial charge in [-0.15, -0.1) is 0 Å². The quantitative estimate of drug-likeness (QED) is 0.593. The van der Waals surface area contributed by atoms with Crippen molar-refractivity contribution >= 4 is 5.91 Å². The first-order chi connectivity index (χ1) is 14.7. The molecule has 3 heterocycles. The molecule has 4 rings (SSSR count). The Morgan fingerprint density at radius 3 is 2.93 bits per heavy atom. The maximum Gasteiger partial charge on any atom is 0.259 e. The van der Waals surface area contributed by atoms with Gasteiger partial charge < -0.3 is 18.9 Å². The van der Waals surface area contributed by atoms with Gasteiger partial charge in [0, 0.05) is 38.0 Å². The highest BCUT2D eigenvalue weighted by atomic mass is 16.5. The molecule has 8 heteroatoms. The maximum atomic E-state index is 13.0. The van der Waals surface area contributed by atoms with E-state index in [-0.39, 0.29) is 5.91 Å². The van der Waals surface area contributed by atoms with E-state index in [0.717, 1.165) is 24.9 Å². The van der Waals surface area contributed by atoms with Crippen LogP contribution in [0.15, 0.2) is 47.2 Å². The number of rotatable bonds is 7. The fraction of sp³-hybridized carbons (Fsp3) is 0.364. The molecule has 0 radical (unpaired) electrons. The summed E-state index contributed by atoms with van der Waals surface area (Å²) in [6.07, 6.45) is 5.97. The van der Waals surface area contributed by atoms with E-state index in [9.17, 15) is 4.79 Å². The zero-order valence-electron chi connectivity index (χ0n) is 17.1. The molecule has 1 aliphatic rings. The van der Waals surface area contributed by atoms with Crippen molar-refractivity contribution in [1.29, 1.82) is 0 Å². The summed E-state index contributed by atoms with van der Waals surface area (Å²) >= 11 is 0. The molecule has 0 saturated carbocycles. The minimum atomic E-state index is -0.0181. The summed E-state index contributed by atoms with van der Waals surface area (Å²) in [6.45, 7) is 1.44. The number of carbonyl (C=O) groups is 1. The molecule has 1 amide bonds. The molecule has 1 atom stereocenters. The Morgan fingerprint density at radius 2 is 2.17 bits per heavy atom. The van der Waals surface area contributed by atoms with E-state index in [1.807, 2.05) is 17.0 Å². The van der Waals surface area contributed by atoms with Gasteiger partial charge in [-0.1, -0.05) is 5.16 Å². The third kappa shape index (κ3) is 4.27. The van der Waals surface area contributed by atoms with Crippen LogP contribution in [-0.2, 0) is 6.42 Å². The zero-order chi connectivity index (χ0) is 20.9. The standard InChI is InChI=1S/C22H24N4O4/c1-28-17-6-7-18(19(12-17)29-2)22(27)26-11-9-15(14-26)5-8-20-24-21(30-25-20)16-4-3-10-23-13-16/h3-4,6-7,10,12-13,15H,5,8-9,11,14H2,1-2H3. The van der Waals surface area contributed by atoms with Crippen LogP contribution in [0.1, 0.15) is 29.0 Å². The van der Waals surface area contributed by atoms with Crippen LogP contribution >= 0.6 is 0 Å².